The zero-order valence-electron chi connectivity index (χ0n) is 11.1. The molecule has 0 radical (unpaired) electrons. The third-order valence-electron chi connectivity index (χ3n) is 3.27. The van der Waals surface area contributed by atoms with E-state index >= 15 is 0 Å². The minimum absolute atomic E-state index is 0.0361. The van der Waals surface area contributed by atoms with Gasteiger partial charge in [-0.05, 0) is 47.2 Å². The van der Waals surface area contributed by atoms with Gasteiger partial charge in [-0.2, -0.15) is 0 Å². The number of aromatic nitrogens is 1. The van der Waals surface area contributed by atoms with Crippen molar-refractivity contribution in [1.82, 2.24) is 9.47 Å². The molecular weight excluding hydrogens is 308 g/mol. The first-order chi connectivity index (χ1) is 9.10. The molecule has 0 saturated heterocycles. The first kappa shape index (κ1) is 14.3. The molecule has 0 bridgehead atoms. The summed E-state index contributed by atoms with van der Waals surface area (Å²) in [6.07, 6.45) is 5.07. The Morgan fingerprint density at radius 3 is 2.84 bits per heavy atom. The molecule has 0 unspecified atom stereocenters. The van der Waals surface area contributed by atoms with Gasteiger partial charge >= 0.3 is 0 Å². The predicted octanol–water partition coefficient (Wildman–Crippen LogP) is 2.26. The largest absolute Gasteiger partial charge is 0.341 e. The smallest absolute Gasteiger partial charge is 0.251 e. The maximum atomic E-state index is 12.3. The van der Waals surface area contributed by atoms with Crippen LogP contribution in [-0.2, 0) is 11.3 Å². The molecule has 1 aromatic heterocycles. The lowest BCUT2D eigenvalue weighted by molar-refractivity contribution is -0.132. The number of carbonyl (C=O) groups excluding carboxylic acids is 1. The van der Waals surface area contributed by atoms with Gasteiger partial charge in [0.25, 0.3) is 5.56 Å². The lowest BCUT2D eigenvalue weighted by atomic mass is 10.3. The second-order valence-electron chi connectivity index (χ2n) is 5.10. The number of rotatable bonds is 6. The van der Waals surface area contributed by atoms with Crippen molar-refractivity contribution in [2.24, 2.45) is 5.92 Å². The molecule has 1 saturated carbocycles. The molecule has 4 nitrogen and oxygen atoms in total. The van der Waals surface area contributed by atoms with E-state index in [-0.39, 0.29) is 18.0 Å². The van der Waals surface area contributed by atoms with Crippen LogP contribution in [0.3, 0.4) is 0 Å². The zero-order chi connectivity index (χ0) is 13.8. The van der Waals surface area contributed by atoms with Crippen LogP contribution in [0.2, 0.25) is 0 Å². The zero-order valence-corrected chi connectivity index (χ0v) is 12.7. The minimum Gasteiger partial charge on any atom is -0.341 e. The van der Waals surface area contributed by atoms with E-state index in [9.17, 15) is 9.59 Å². The topological polar surface area (TPSA) is 42.3 Å². The second-order valence-corrected chi connectivity index (χ2v) is 6.01. The fourth-order valence-corrected chi connectivity index (χ4v) is 2.45. The number of hydrogen-bond acceptors (Lipinski definition) is 2. The monoisotopic (exact) mass is 326 g/mol. The van der Waals surface area contributed by atoms with E-state index < -0.39 is 0 Å². The van der Waals surface area contributed by atoms with Gasteiger partial charge in [-0.1, -0.05) is 6.92 Å². The fraction of sp³-hybridized carbons (Fsp3) is 0.571. The third kappa shape index (κ3) is 4.20. The first-order valence-corrected chi connectivity index (χ1v) is 7.53. The van der Waals surface area contributed by atoms with Crippen molar-refractivity contribution >= 4 is 21.8 Å². The summed E-state index contributed by atoms with van der Waals surface area (Å²) in [6.45, 7) is 3.82. The maximum Gasteiger partial charge on any atom is 0.251 e. The van der Waals surface area contributed by atoms with Gasteiger partial charge in [0.1, 0.15) is 6.54 Å². The van der Waals surface area contributed by atoms with Crippen LogP contribution in [0.15, 0.2) is 27.6 Å². The maximum absolute atomic E-state index is 12.3. The average Bonchev–Trinajstić information content (AvgIpc) is 3.17. The number of nitrogens with zero attached hydrogens (tertiary/aromatic N) is 2. The molecular formula is C14H19BrN2O2. The van der Waals surface area contributed by atoms with Crippen molar-refractivity contribution < 1.29 is 4.79 Å². The number of halogens is 1. The van der Waals surface area contributed by atoms with Crippen LogP contribution in [0.4, 0.5) is 0 Å². The van der Waals surface area contributed by atoms with Crippen molar-refractivity contribution in [2.45, 2.75) is 32.7 Å². The first-order valence-electron chi connectivity index (χ1n) is 6.74. The van der Waals surface area contributed by atoms with Crippen LogP contribution < -0.4 is 5.56 Å². The summed E-state index contributed by atoms with van der Waals surface area (Å²) in [5, 5.41) is 0. The summed E-state index contributed by atoms with van der Waals surface area (Å²) >= 11 is 3.32. The highest BCUT2D eigenvalue weighted by Gasteiger charge is 2.26. The minimum atomic E-state index is -0.139. The summed E-state index contributed by atoms with van der Waals surface area (Å²) in [5.41, 5.74) is -0.139. The molecule has 2 rings (SSSR count). The van der Waals surface area contributed by atoms with Crippen LogP contribution in [0.25, 0.3) is 0 Å². The summed E-state index contributed by atoms with van der Waals surface area (Å²) in [6, 6.07) is 3.17. The summed E-state index contributed by atoms with van der Waals surface area (Å²) < 4.78 is 2.27. The van der Waals surface area contributed by atoms with E-state index in [1.807, 2.05) is 4.90 Å². The Kier molecular flexibility index (Phi) is 4.80. The average molecular weight is 327 g/mol. The van der Waals surface area contributed by atoms with E-state index in [0.717, 1.165) is 24.0 Å². The Labute approximate surface area is 121 Å². The van der Waals surface area contributed by atoms with Gasteiger partial charge in [0.15, 0.2) is 0 Å². The molecule has 1 aliphatic carbocycles. The van der Waals surface area contributed by atoms with Crippen LogP contribution in [0.1, 0.15) is 26.2 Å². The van der Waals surface area contributed by atoms with Crippen molar-refractivity contribution in [3.63, 3.8) is 0 Å². The predicted molar refractivity (Wildman–Crippen MR) is 78.0 cm³/mol. The van der Waals surface area contributed by atoms with Gasteiger partial charge in [-0.25, -0.2) is 0 Å². The van der Waals surface area contributed by atoms with Crippen LogP contribution in [0.5, 0.6) is 0 Å². The van der Waals surface area contributed by atoms with Crippen LogP contribution in [-0.4, -0.2) is 28.5 Å². The Hall–Kier alpha value is -1.10. The fourth-order valence-electron chi connectivity index (χ4n) is 2.07. The third-order valence-corrected chi connectivity index (χ3v) is 3.74. The number of pyridine rings is 1. The number of hydrogen-bond donors (Lipinski definition) is 0. The van der Waals surface area contributed by atoms with Crippen LogP contribution in [0, 0.1) is 5.92 Å². The lowest BCUT2D eigenvalue weighted by Gasteiger charge is -2.22. The molecule has 0 N–H and O–H groups in total. The van der Waals surface area contributed by atoms with Crippen molar-refractivity contribution in [1.29, 1.82) is 0 Å². The molecule has 5 heteroatoms. The summed E-state index contributed by atoms with van der Waals surface area (Å²) in [4.78, 5) is 25.9. The Morgan fingerprint density at radius 2 is 2.21 bits per heavy atom. The molecule has 0 aromatic carbocycles. The second kappa shape index (κ2) is 6.37. The van der Waals surface area contributed by atoms with Crippen molar-refractivity contribution in [3.05, 3.63) is 33.2 Å². The standard InChI is InChI=1S/C14H19BrN2O2/c1-2-7-16(8-11-3-4-11)14(19)10-17-9-12(15)5-6-13(17)18/h5-6,9,11H,2-4,7-8,10H2,1H3. The van der Waals surface area contributed by atoms with E-state index in [1.165, 1.54) is 23.5 Å². The quantitative estimate of drug-likeness (QED) is 0.804. The van der Waals surface area contributed by atoms with E-state index in [0.29, 0.717) is 5.92 Å². The van der Waals surface area contributed by atoms with Gasteiger partial charge in [0, 0.05) is 29.8 Å². The Morgan fingerprint density at radius 1 is 1.47 bits per heavy atom. The molecule has 1 amide bonds. The van der Waals surface area contributed by atoms with Gasteiger partial charge < -0.3 is 9.47 Å². The van der Waals surface area contributed by atoms with Crippen molar-refractivity contribution in [3.8, 4) is 0 Å². The van der Waals surface area contributed by atoms with Gasteiger partial charge in [0.2, 0.25) is 5.91 Å². The highest BCUT2D eigenvalue weighted by molar-refractivity contribution is 9.10. The number of amides is 1. The van der Waals surface area contributed by atoms with Crippen molar-refractivity contribution in [2.75, 3.05) is 13.1 Å². The summed E-state index contributed by atoms with van der Waals surface area (Å²) in [7, 11) is 0. The Bertz CT molecular complexity index is 508. The highest BCUT2D eigenvalue weighted by atomic mass is 79.9. The SMILES string of the molecule is CCCN(CC1CC1)C(=O)Cn1cc(Br)ccc1=O. The van der Waals surface area contributed by atoms with E-state index in [4.69, 9.17) is 0 Å². The van der Waals surface area contributed by atoms with Gasteiger partial charge in [-0.15, -0.1) is 0 Å². The van der Waals surface area contributed by atoms with Crippen LogP contribution >= 0.6 is 15.9 Å². The molecule has 104 valence electrons. The van der Waals surface area contributed by atoms with Gasteiger partial charge in [0.05, 0.1) is 0 Å². The lowest BCUT2D eigenvalue weighted by Crippen LogP contribution is -2.38. The molecule has 0 atom stereocenters. The molecule has 1 heterocycles. The highest BCUT2D eigenvalue weighted by Crippen LogP contribution is 2.29. The molecule has 1 aromatic rings. The Balaban J connectivity index is 2.04. The molecule has 19 heavy (non-hydrogen) atoms. The normalized spacial score (nSPS) is 14.4. The molecule has 1 fully saturated rings. The van der Waals surface area contributed by atoms with Gasteiger partial charge in [-0.3, -0.25) is 9.59 Å². The molecule has 0 aliphatic heterocycles. The molecule has 0 spiro atoms. The summed E-state index contributed by atoms with van der Waals surface area (Å²) in [5.74, 6) is 0.712. The van der Waals surface area contributed by atoms with E-state index in [1.54, 1.807) is 12.3 Å². The van der Waals surface area contributed by atoms with E-state index in [2.05, 4.69) is 22.9 Å². The number of carbonyl (C=O) groups is 1. The molecule has 1 aliphatic rings.